The highest BCUT2D eigenvalue weighted by Crippen LogP contribution is 2.31. The average molecular weight is 305 g/mol. The number of thiocarbonyl (C=S) groups is 1. The van der Waals surface area contributed by atoms with Gasteiger partial charge in [0.05, 0.1) is 11.3 Å². The zero-order valence-electron chi connectivity index (χ0n) is 10.9. The molecule has 20 heavy (non-hydrogen) atoms. The van der Waals surface area contributed by atoms with E-state index in [1.165, 1.54) is 4.90 Å². The van der Waals surface area contributed by atoms with Crippen LogP contribution in [0.4, 0.5) is 23.7 Å². The van der Waals surface area contributed by atoms with Crippen LogP contribution in [0.25, 0.3) is 0 Å². The third-order valence-electron chi connectivity index (χ3n) is 2.67. The summed E-state index contributed by atoms with van der Waals surface area (Å²) < 4.78 is 37.9. The molecule has 1 rings (SSSR count). The fourth-order valence-corrected chi connectivity index (χ4v) is 1.56. The van der Waals surface area contributed by atoms with Crippen molar-refractivity contribution in [2.24, 2.45) is 5.73 Å². The topological polar surface area (TPSA) is 58.4 Å². The molecule has 0 atom stereocenters. The Hall–Kier alpha value is -1.83. The lowest BCUT2D eigenvalue weighted by atomic mass is 10.1. The van der Waals surface area contributed by atoms with Gasteiger partial charge in [-0.3, -0.25) is 0 Å². The Kier molecular flexibility index (Phi) is 4.93. The zero-order valence-corrected chi connectivity index (χ0v) is 11.7. The molecule has 0 unspecified atom stereocenters. The highest BCUT2D eigenvalue weighted by Gasteiger charge is 2.31. The maximum Gasteiger partial charge on any atom is 0.416 e. The van der Waals surface area contributed by atoms with Crippen molar-refractivity contribution in [3.8, 4) is 0 Å². The minimum Gasteiger partial charge on any atom is -0.389 e. The molecule has 0 saturated heterocycles. The minimum atomic E-state index is -4.50. The highest BCUT2D eigenvalue weighted by atomic mass is 32.1. The fraction of sp³-hybridized carbons (Fsp3) is 0.333. The summed E-state index contributed by atoms with van der Waals surface area (Å²) in [7, 11) is 1.56. The summed E-state index contributed by atoms with van der Waals surface area (Å²) in [6.45, 7) is 2.22. The number of carbonyl (C=O) groups is 1. The smallest absolute Gasteiger partial charge is 0.389 e. The van der Waals surface area contributed by atoms with Gasteiger partial charge in [-0.05, 0) is 25.1 Å². The summed E-state index contributed by atoms with van der Waals surface area (Å²) in [5.41, 5.74) is 4.67. The maximum absolute atomic E-state index is 12.6. The number of carbonyl (C=O) groups excluding carboxylic acids is 1. The van der Waals surface area contributed by atoms with Gasteiger partial charge in [0.2, 0.25) is 0 Å². The van der Waals surface area contributed by atoms with Gasteiger partial charge in [-0.2, -0.15) is 13.2 Å². The molecule has 0 aliphatic heterocycles. The molecule has 0 aliphatic rings. The number of alkyl halides is 3. The van der Waals surface area contributed by atoms with Gasteiger partial charge < -0.3 is 16.0 Å². The second-order valence-corrected chi connectivity index (χ2v) is 4.51. The second kappa shape index (κ2) is 6.08. The third-order valence-corrected chi connectivity index (χ3v) is 2.89. The molecular formula is C12H14F3N3OS. The van der Waals surface area contributed by atoms with Crippen LogP contribution in [0.2, 0.25) is 0 Å². The molecule has 0 radical (unpaired) electrons. The fourth-order valence-electron chi connectivity index (χ4n) is 1.39. The van der Waals surface area contributed by atoms with E-state index in [9.17, 15) is 18.0 Å². The van der Waals surface area contributed by atoms with Crippen LogP contribution in [0.3, 0.4) is 0 Å². The van der Waals surface area contributed by atoms with E-state index in [-0.39, 0.29) is 16.2 Å². The van der Waals surface area contributed by atoms with Crippen molar-refractivity contribution in [3.63, 3.8) is 0 Å². The third kappa shape index (κ3) is 3.83. The van der Waals surface area contributed by atoms with Crippen LogP contribution in [0.5, 0.6) is 0 Å². The molecule has 0 saturated carbocycles. The molecule has 8 heteroatoms. The summed E-state index contributed by atoms with van der Waals surface area (Å²) in [5.74, 6) is 0. The molecule has 1 aromatic rings. The number of urea groups is 1. The Morgan fingerprint density at radius 1 is 1.45 bits per heavy atom. The molecule has 2 amide bonds. The number of anilines is 1. The van der Waals surface area contributed by atoms with Crippen molar-refractivity contribution >= 4 is 28.9 Å². The van der Waals surface area contributed by atoms with Crippen molar-refractivity contribution in [1.29, 1.82) is 0 Å². The second-order valence-electron chi connectivity index (χ2n) is 4.07. The van der Waals surface area contributed by atoms with E-state index in [0.29, 0.717) is 6.54 Å². The summed E-state index contributed by atoms with van der Waals surface area (Å²) in [6.07, 6.45) is -4.50. The Balaban J connectivity index is 3.15. The Bertz CT molecular complexity index is 531. The van der Waals surface area contributed by atoms with Crippen LogP contribution in [-0.4, -0.2) is 29.5 Å². The van der Waals surface area contributed by atoms with E-state index in [1.807, 2.05) is 0 Å². The average Bonchev–Trinajstić information content (AvgIpc) is 2.36. The van der Waals surface area contributed by atoms with E-state index in [0.717, 1.165) is 18.2 Å². The number of rotatable bonds is 3. The summed E-state index contributed by atoms with van der Waals surface area (Å²) in [5, 5.41) is 2.47. The van der Waals surface area contributed by atoms with Crippen molar-refractivity contribution in [2.45, 2.75) is 13.1 Å². The Morgan fingerprint density at radius 3 is 2.50 bits per heavy atom. The van der Waals surface area contributed by atoms with Crippen molar-refractivity contribution in [1.82, 2.24) is 4.90 Å². The van der Waals surface area contributed by atoms with Crippen LogP contribution in [0.1, 0.15) is 18.1 Å². The summed E-state index contributed by atoms with van der Waals surface area (Å²) in [6, 6.07) is 2.37. The minimum absolute atomic E-state index is 0.0207. The first kappa shape index (κ1) is 16.2. The molecule has 3 N–H and O–H groups in total. The first-order valence-corrected chi connectivity index (χ1v) is 6.10. The van der Waals surface area contributed by atoms with Gasteiger partial charge in [0.1, 0.15) is 4.99 Å². The molecule has 0 bridgehead atoms. The predicted octanol–water partition coefficient (Wildman–Crippen LogP) is 2.82. The molecule has 4 nitrogen and oxygen atoms in total. The van der Waals surface area contributed by atoms with Crippen LogP contribution in [0, 0.1) is 0 Å². The molecule has 110 valence electrons. The number of nitrogens with zero attached hydrogens (tertiary/aromatic N) is 1. The van der Waals surface area contributed by atoms with Crippen molar-refractivity contribution < 1.29 is 18.0 Å². The van der Waals surface area contributed by atoms with E-state index in [2.05, 4.69) is 5.32 Å². The van der Waals surface area contributed by atoms with E-state index in [4.69, 9.17) is 18.0 Å². The lowest BCUT2D eigenvalue weighted by Gasteiger charge is -2.18. The largest absolute Gasteiger partial charge is 0.416 e. The molecule has 0 aromatic heterocycles. The van der Waals surface area contributed by atoms with Crippen molar-refractivity contribution in [2.75, 3.05) is 18.9 Å². The van der Waals surface area contributed by atoms with E-state index in [1.54, 1.807) is 14.0 Å². The zero-order chi connectivity index (χ0) is 15.5. The number of hydrogen-bond acceptors (Lipinski definition) is 2. The molecule has 0 fully saturated rings. The van der Waals surface area contributed by atoms with Crippen LogP contribution >= 0.6 is 12.2 Å². The van der Waals surface area contributed by atoms with E-state index >= 15 is 0 Å². The monoisotopic (exact) mass is 305 g/mol. The number of amides is 2. The predicted molar refractivity (Wildman–Crippen MR) is 74.7 cm³/mol. The van der Waals surface area contributed by atoms with Crippen LogP contribution in [0.15, 0.2) is 18.2 Å². The number of benzene rings is 1. The Labute approximate surface area is 119 Å². The lowest BCUT2D eigenvalue weighted by molar-refractivity contribution is -0.137. The molecule has 0 aliphatic carbocycles. The molecular weight excluding hydrogens is 291 g/mol. The van der Waals surface area contributed by atoms with Gasteiger partial charge in [-0.25, -0.2) is 4.79 Å². The van der Waals surface area contributed by atoms with Gasteiger partial charge in [-0.1, -0.05) is 12.2 Å². The van der Waals surface area contributed by atoms with Gasteiger partial charge in [0, 0.05) is 19.2 Å². The quantitative estimate of drug-likeness (QED) is 0.844. The van der Waals surface area contributed by atoms with E-state index < -0.39 is 17.8 Å². The summed E-state index contributed by atoms with van der Waals surface area (Å²) in [4.78, 5) is 12.9. The van der Waals surface area contributed by atoms with Crippen LogP contribution < -0.4 is 11.1 Å². The first-order chi connectivity index (χ1) is 9.16. The highest BCUT2D eigenvalue weighted by molar-refractivity contribution is 7.80. The molecule has 0 spiro atoms. The van der Waals surface area contributed by atoms with Gasteiger partial charge >= 0.3 is 12.2 Å². The van der Waals surface area contributed by atoms with Gasteiger partial charge in [-0.15, -0.1) is 0 Å². The maximum atomic E-state index is 12.6. The molecule has 1 aromatic carbocycles. The number of nitrogens with one attached hydrogen (secondary N) is 1. The van der Waals surface area contributed by atoms with Gasteiger partial charge in [0.25, 0.3) is 0 Å². The molecule has 0 heterocycles. The number of halogens is 3. The first-order valence-electron chi connectivity index (χ1n) is 5.70. The van der Waals surface area contributed by atoms with Gasteiger partial charge in [0.15, 0.2) is 0 Å². The SMILES string of the molecule is CCN(C)C(=O)Nc1ccc(C(F)(F)F)cc1C(N)=S. The number of hydrogen-bond donors (Lipinski definition) is 2. The summed E-state index contributed by atoms with van der Waals surface area (Å²) >= 11 is 4.72. The van der Waals surface area contributed by atoms with Crippen molar-refractivity contribution in [3.05, 3.63) is 29.3 Å². The Morgan fingerprint density at radius 2 is 2.05 bits per heavy atom. The van der Waals surface area contributed by atoms with Crippen LogP contribution in [-0.2, 0) is 6.18 Å². The standard InChI is InChI=1S/C12H14F3N3OS/c1-3-18(2)11(19)17-9-5-4-7(12(13,14)15)6-8(9)10(16)20/h4-6H,3H2,1-2H3,(H2,16,20)(H,17,19). The number of nitrogens with two attached hydrogens (primary N) is 1. The normalized spacial score (nSPS) is 11.1. The lowest BCUT2D eigenvalue weighted by Crippen LogP contribution is -2.31.